The average molecular weight is 457 g/mol. The predicted octanol–water partition coefficient (Wildman–Crippen LogP) is 7.07. The Morgan fingerprint density at radius 2 is 1.20 bits per heavy atom. The first-order chi connectivity index (χ1) is 17.4. The molecule has 0 unspecified atom stereocenters. The summed E-state index contributed by atoms with van der Waals surface area (Å²) in [5.41, 5.74) is 6.47. The van der Waals surface area contributed by atoms with Crippen molar-refractivity contribution in [2.45, 2.75) is 30.8 Å². The Bertz CT molecular complexity index is 1220. The zero-order chi connectivity index (χ0) is 23.5. The van der Waals surface area contributed by atoms with Crippen LogP contribution in [-0.4, -0.2) is 36.3 Å². The molecular weight excluding hydrogens is 424 g/mol. The Hall–Kier alpha value is -3.49. The normalized spacial score (nSPS) is 23.7. The molecule has 4 aromatic carbocycles. The van der Waals surface area contributed by atoms with E-state index in [0.717, 1.165) is 0 Å². The molecule has 0 aromatic heterocycles. The number of piperidine rings is 3. The van der Waals surface area contributed by atoms with E-state index < -0.39 is 0 Å². The van der Waals surface area contributed by atoms with E-state index in [0.29, 0.717) is 17.9 Å². The number of hydrogen-bond donors (Lipinski definition) is 0. The number of fused-ring (bicyclic) bond motifs is 3. The van der Waals surface area contributed by atoms with Crippen LogP contribution >= 0.6 is 0 Å². The maximum absolute atomic E-state index is 5.41. The number of nitrogens with zero attached hydrogens (tertiary/aromatic N) is 2. The Morgan fingerprint density at radius 1 is 0.657 bits per heavy atom. The van der Waals surface area contributed by atoms with E-state index in [4.69, 9.17) is 4.99 Å². The third-order valence-corrected chi connectivity index (χ3v) is 7.92. The van der Waals surface area contributed by atoms with Gasteiger partial charge in [-0.2, -0.15) is 0 Å². The number of hydrogen-bond acceptors (Lipinski definition) is 2. The van der Waals surface area contributed by atoms with E-state index in [1.54, 1.807) is 0 Å². The quantitative estimate of drug-likeness (QED) is 0.283. The molecule has 35 heavy (non-hydrogen) atoms. The lowest BCUT2D eigenvalue weighted by Crippen LogP contribution is -2.59. The molecule has 3 fully saturated rings. The van der Waals surface area contributed by atoms with Gasteiger partial charge in [0.15, 0.2) is 0 Å². The smallest absolute Gasteiger partial charge is 0.0693 e. The SMILES string of the molecule is C(=N[C@@H]1C2CCN(CC2)[C@@H]1C(c1ccccc1)c1ccccc1)c1ccccc1-c1ccccc1. The molecule has 0 spiro atoms. The third kappa shape index (κ3) is 4.47. The summed E-state index contributed by atoms with van der Waals surface area (Å²) in [7, 11) is 0. The molecule has 7 rings (SSSR count). The highest BCUT2D eigenvalue weighted by atomic mass is 15.2. The molecule has 174 valence electrons. The van der Waals surface area contributed by atoms with Crippen LogP contribution in [0.5, 0.6) is 0 Å². The highest BCUT2D eigenvalue weighted by molar-refractivity contribution is 5.90. The summed E-state index contributed by atoms with van der Waals surface area (Å²) < 4.78 is 0. The zero-order valence-electron chi connectivity index (χ0n) is 20.1. The zero-order valence-corrected chi connectivity index (χ0v) is 20.1. The van der Waals surface area contributed by atoms with Crippen LogP contribution in [0.1, 0.15) is 35.4 Å². The molecule has 0 saturated carbocycles. The largest absolute Gasteiger partial charge is 0.297 e. The second kappa shape index (κ2) is 10.0. The molecule has 3 aliphatic heterocycles. The number of benzene rings is 4. The summed E-state index contributed by atoms with van der Waals surface area (Å²) in [6.07, 6.45) is 4.65. The minimum absolute atomic E-state index is 0.284. The molecule has 2 atom stereocenters. The second-order valence-corrected chi connectivity index (χ2v) is 9.89. The van der Waals surface area contributed by atoms with Gasteiger partial charge in [0.1, 0.15) is 0 Å². The second-order valence-electron chi connectivity index (χ2n) is 9.89. The molecule has 2 heteroatoms. The number of rotatable bonds is 6. The maximum atomic E-state index is 5.41. The minimum atomic E-state index is 0.284. The Labute approximate surface area is 209 Å². The summed E-state index contributed by atoms with van der Waals surface area (Å²) in [6, 6.07) is 42.1. The minimum Gasteiger partial charge on any atom is -0.297 e. The standard InChI is InChI=1S/C33H32N2/c1-4-12-25(13-5-1)30-19-11-10-18-29(30)24-34-32-28-20-22-35(23-21-28)33(32)31(26-14-6-2-7-15-26)27-16-8-3-9-17-27/h1-19,24,28,31-33H,20-23H2/t32-,33-/m1/s1. The van der Waals surface area contributed by atoms with E-state index in [1.165, 1.54) is 53.7 Å². The number of aliphatic imine (C=N–C) groups is 1. The monoisotopic (exact) mass is 456 g/mol. The van der Waals surface area contributed by atoms with Crippen LogP contribution in [0, 0.1) is 5.92 Å². The van der Waals surface area contributed by atoms with Crippen molar-refractivity contribution in [3.63, 3.8) is 0 Å². The average Bonchev–Trinajstić information content (AvgIpc) is 2.95. The molecular formula is C33H32N2. The molecule has 0 amide bonds. The van der Waals surface area contributed by atoms with Gasteiger partial charge in [0.2, 0.25) is 0 Å². The van der Waals surface area contributed by atoms with Crippen molar-refractivity contribution in [2.24, 2.45) is 10.9 Å². The fourth-order valence-corrected chi connectivity index (χ4v) is 6.24. The highest BCUT2D eigenvalue weighted by Gasteiger charge is 2.46. The van der Waals surface area contributed by atoms with Crippen LogP contribution in [0.3, 0.4) is 0 Å². The molecule has 2 nitrogen and oxygen atoms in total. The van der Waals surface area contributed by atoms with Crippen LogP contribution in [0.15, 0.2) is 120 Å². The first-order valence-corrected chi connectivity index (χ1v) is 12.9. The summed E-state index contributed by atoms with van der Waals surface area (Å²) in [5, 5.41) is 0. The Morgan fingerprint density at radius 3 is 1.83 bits per heavy atom. The van der Waals surface area contributed by atoms with E-state index in [9.17, 15) is 0 Å². The van der Waals surface area contributed by atoms with Crippen molar-refractivity contribution in [1.82, 2.24) is 4.90 Å². The van der Waals surface area contributed by atoms with Crippen LogP contribution in [0.2, 0.25) is 0 Å². The van der Waals surface area contributed by atoms with Gasteiger partial charge in [0.25, 0.3) is 0 Å². The van der Waals surface area contributed by atoms with Crippen LogP contribution < -0.4 is 0 Å². The van der Waals surface area contributed by atoms with Gasteiger partial charge in [-0.05, 0) is 54.1 Å². The molecule has 0 radical (unpaired) electrons. The topological polar surface area (TPSA) is 15.6 Å². The van der Waals surface area contributed by atoms with Crippen LogP contribution in [-0.2, 0) is 0 Å². The van der Waals surface area contributed by atoms with E-state index in [-0.39, 0.29) is 6.04 Å². The van der Waals surface area contributed by atoms with Gasteiger partial charge in [-0.15, -0.1) is 0 Å². The van der Waals surface area contributed by atoms with Gasteiger partial charge in [0, 0.05) is 23.7 Å². The molecule has 4 aromatic rings. The van der Waals surface area contributed by atoms with Gasteiger partial charge in [0.05, 0.1) is 6.04 Å². The van der Waals surface area contributed by atoms with Gasteiger partial charge >= 0.3 is 0 Å². The van der Waals surface area contributed by atoms with Crippen molar-refractivity contribution >= 4 is 6.21 Å². The molecule has 3 saturated heterocycles. The van der Waals surface area contributed by atoms with Crippen molar-refractivity contribution < 1.29 is 0 Å². The first-order valence-electron chi connectivity index (χ1n) is 12.9. The van der Waals surface area contributed by atoms with Crippen molar-refractivity contribution in [3.05, 3.63) is 132 Å². The van der Waals surface area contributed by atoms with E-state index >= 15 is 0 Å². The van der Waals surface area contributed by atoms with Crippen molar-refractivity contribution in [3.8, 4) is 11.1 Å². The van der Waals surface area contributed by atoms with Gasteiger partial charge in [-0.1, -0.05) is 115 Å². The molecule has 3 aliphatic rings. The summed E-state index contributed by atoms with van der Waals surface area (Å²) in [4.78, 5) is 8.13. The lowest BCUT2D eigenvalue weighted by atomic mass is 9.71. The molecule has 0 N–H and O–H groups in total. The Balaban J connectivity index is 1.40. The van der Waals surface area contributed by atoms with Gasteiger partial charge in [-0.25, -0.2) is 0 Å². The summed E-state index contributed by atoms with van der Waals surface area (Å²) >= 11 is 0. The molecule has 0 aliphatic carbocycles. The summed E-state index contributed by atoms with van der Waals surface area (Å²) in [6.45, 7) is 2.36. The van der Waals surface area contributed by atoms with Gasteiger partial charge < -0.3 is 0 Å². The first kappa shape index (κ1) is 22.0. The maximum Gasteiger partial charge on any atom is 0.0693 e. The lowest BCUT2D eigenvalue weighted by Gasteiger charge is -2.52. The van der Waals surface area contributed by atoms with Crippen LogP contribution in [0.25, 0.3) is 11.1 Å². The van der Waals surface area contributed by atoms with Gasteiger partial charge in [-0.3, -0.25) is 9.89 Å². The molecule has 3 heterocycles. The Kier molecular flexibility index (Phi) is 6.30. The summed E-state index contributed by atoms with van der Waals surface area (Å²) in [5.74, 6) is 0.951. The van der Waals surface area contributed by atoms with Crippen LogP contribution in [0.4, 0.5) is 0 Å². The van der Waals surface area contributed by atoms with Crippen molar-refractivity contribution in [1.29, 1.82) is 0 Å². The fraction of sp³-hybridized carbons (Fsp3) is 0.242. The highest BCUT2D eigenvalue weighted by Crippen LogP contribution is 2.43. The molecule has 2 bridgehead atoms. The third-order valence-electron chi connectivity index (χ3n) is 7.92. The lowest BCUT2D eigenvalue weighted by molar-refractivity contribution is 0.0215. The van der Waals surface area contributed by atoms with E-state index in [1.807, 2.05) is 0 Å². The fourth-order valence-electron chi connectivity index (χ4n) is 6.24. The predicted molar refractivity (Wildman–Crippen MR) is 146 cm³/mol. The van der Waals surface area contributed by atoms with E-state index in [2.05, 4.69) is 126 Å². The van der Waals surface area contributed by atoms with Crippen molar-refractivity contribution in [2.75, 3.05) is 13.1 Å².